The molecule has 1 fully saturated rings. The summed E-state index contributed by atoms with van der Waals surface area (Å²) >= 11 is 0. The van der Waals surface area contributed by atoms with Crippen molar-refractivity contribution in [3.8, 4) is 11.5 Å². The zero-order chi connectivity index (χ0) is 14.8. The van der Waals surface area contributed by atoms with Gasteiger partial charge in [-0.1, -0.05) is 6.07 Å². The van der Waals surface area contributed by atoms with Crippen molar-refractivity contribution in [1.82, 2.24) is 4.90 Å². The van der Waals surface area contributed by atoms with Gasteiger partial charge in [-0.05, 0) is 17.7 Å². The van der Waals surface area contributed by atoms with E-state index in [1.807, 2.05) is 0 Å². The number of rotatable bonds is 3. The molecular formula is C14H15NO6. The molecule has 2 aliphatic heterocycles. The Kier molecular flexibility index (Phi) is 3.66. The molecular weight excluding hydrogens is 278 g/mol. The van der Waals surface area contributed by atoms with Crippen molar-refractivity contribution < 1.29 is 28.9 Å². The van der Waals surface area contributed by atoms with Gasteiger partial charge < -0.3 is 24.2 Å². The number of amides is 1. The number of carboxylic acids is 1. The number of ether oxygens (including phenoxy) is 3. The Morgan fingerprint density at radius 3 is 2.90 bits per heavy atom. The number of fused-ring (bicyclic) bond motifs is 1. The minimum absolute atomic E-state index is 0.0300. The molecule has 0 bridgehead atoms. The highest BCUT2D eigenvalue weighted by Gasteiger charge is 2.32. The minimum Gasteiger partial charge on any atom is -0.480 e. The number of morpholine rings is 1. The van der Waals surface area contributed by atoms with Crippen LogP contribution in [0, 0.1) is 0 Å². The fraction of sp³-hybridized carbons (Fsp3) is 0.429. The van der Waals surface area contributed by atoms with Crippen LogP contribution >= 0.6 is 0 Å². The van der Waals surface area contributed by atoms with Crippen molar-refractivity contribution in [2.24, 2.45) is 0 Å². The fourth-order valence-electron chi connectivity index (χ4n) is 2.43. The first-order valence-corrected chi connectivity index (χ1v) is 6.63. The summed E-state index contributed by atoms with van der Waals surface area (Å²) in [5.74, 6) is -0.0173. The van der Waals surface area contributed by atoms with E-state index in [0.717, 1.165) is 5.56 Å². The highest BCUT2D eigenvalue weighted by atomic mass is 16.7. The third-order valence-corrected chi connectivity index (χ3v) is 3.53. The van der Waals surface area contributed by atoms with Crippen LogP contribution in [0.25, 0.3) is 0 Å². The molecule has 1 saturated heterocycles. The summed E-state index contributed by atoms with van der Waals surface area (Å²) in [6.07, 6.45) is 0.125. The Labute approximate surface area is 121 Å². The quantitative estimate of drug-likeness (QED) is 0.861. The van der Waals surface area contributed by atoms with E-state index in [4.69, 9.17) is 19.3 Å². The van der Waals surface area contributed by atoms with E-state index in [1.165, 1.54) is 4.90 Å². The van der Waals surface area contributed by atoms with Crippen LogP contribution in [0.15, 0.2) is 18.2 Å². The highest BCUT2D eigenvalue weighted by molar-refractivity contribution is 5.85. The van der Waals surface area contributed by atoms with Gasteiger partial charge in [-0.3, -0.25) is 4.79 Å². The first kappa shape index (κ1) is 13.7. The monoisotopic (exact) mass is 293 g/mol. The lowest BCUT2D eigenvalue weighted by Crippen LogP contribution is -2.53. The number of carboxylic acid groups (broad SMARTS) is 1. The molecule has 0 aliphatic carbocycles. The van der Waals surface area contributed by atoms with E-state index in [1.54, 1.807) is 18.2 Å². The van der Waals surface area contributed by atoms with Gasteiger partial charge in [0, 0.05) is 6.54 Å². The molecule has 21 heavy (non-hydrogen) atoms. The van der Waals surface area contributed by atoms with Gasteiger partial charge in [0.25, 0.3) is 0 Å². The molecule has 1 aromatic rings. The van der Waals surface area contributed by atoms with E-state index in [2.05, 4.69) is 0 Å². The second kappa shape index (κ2) is 5.61. The molecule has 3 rings (SSSR count). The average Bonchev–Trinajstić information content (AvgIpc) is 2.94. The SMILES string of the molecule is O=C(O)C1COCCN1C(=O)Cc1ccc2c(c1)OCO2. The second-order valence-electron chi connectivity index (χ2n) is 4.88. The molecule has 0 spiro atoms. The zero-order valence-corrected chi connectivity index (χ0v) is 11.3. The summed E-state index contributed by atoms with van der Waals surface area (Å²) in [5.41, 5.74) is 0.764. The normalized spacial score (nSPS) is 20.4. The molecule has 0 saturated carbocycles. The van der Waals surface area contributed by atoms with Crippen LogP contribution in [0.5, 0.6) is 11.5 Å². The van der Waals surface area contributed by atoms with Crippen LogP contribution in [0.2, 0.25) is 0 Å². The fourth-order valence-corrected chi connectivity index (χ4v) is 2.43. The Morgan fingerprint density at radius 1 is 1.29 bits per heavy atom. The molecule has 7 nitrogen and oxygen atoms in total. The van der Waals surface area contributed by atoms with E-state index < -0.39 is 12.0 Å². The number of carbonyl (C=O) groups excluding carboxylic acids is 1. The molecule has 1 unspecified atom stereocenters. The van der Waals surface area contributed by atoms with Crippen LogP contribution < -0.4 is 9.47 Å². The number of hydrogen-bond acceptors (Lipinski definition) is 5. The summed E-state index contributed by atoms with van der Waals surface area (Å²) in [6, 6.07) is 4.36. The van der Waals surface area contributed by atoms with Gasteiger partial charge in [0.05, 0.1) is 19.6 Å². The first-order valence-electron chi connectivity index (χ1n) is 6.63. The summed E-state index contributed by atoms with van der Waals surface area (Å²) < 4.78 is 15.6. The molecule has 112 valence electrons. The molecule has 0 radical (unpaired) electrons. The number of hydrogen-bond donors (Lipinski definition) is 1. The van der Waals surface area contributed by atoms with Crippen molar-refractivity contribution in [1.29, 1.82) is 0 Å². The van der Waals surface area contributed by atoms with Gasteiger partial charge >= 0.3 is 5.97 Å². The largest absolute Gasteiger partial charge is 0.480 e. The minimum atomic E-state index is -1.05. The molecule has 7 heteroatoms. The lowest BCUT2D eigenvalue weighted by Gasteiger charge is -2.32. The Hall–Kier alpha value is -2.28. The smallest absolute Gasteiger partial charge is 0.328 e. The highest BCUT2D eigenvalue weighted by Crippen LogP contribution is 2.32. The van der Waals surface area contributed by atoms with Crippen LogP contribution in [-0.2, 0) is 20.7 Å². The topological polar surface area (TPSA) is 85.3 Å². The number of aliphatic carboxylic acids is 1. The van der Waals surface area contributed by atoms with E-state index in [9.17, 15) is 9.59 Å². The summed E-state index contributed by atoms with van der Waals surface area (Å²) in [4.78, 5) is 24.8. The first-order chi connectivity index (χ1) is 10.1. The Balaban J connectivity index is 1.71. The number of nitrogens with zero attached hydrogens (tertiary/aromatic N) is 1. The van der Waals surface area contributed by atoms with Crippen LogP contribution in [-0.4, -0.2) is 54.5 Å². The average molecular weight is 293 g/mol. The Bertz CT molecular complexity index is 573. The van der Waals surface area contributed by atoms with Crippen molar-refractivity contribution >= 4 is 11.9 Å². The molecule has 2 heterocycles. The Morgan fingerprint density at radius 2 is 2.10 bits per heavy atom. The predicted octanol–water partition coefficient (Wildman–Crippen LogP) is 0.270. The van der Waals surface area contributed by atoms with E-state index in [-0.39, 0.29) is 25.7 Å². The van der Waals surface area contributed by atoms with Crippen molar-refractivity contribution in [2.75, 3.05) is 26.6 Å². The van der Waals surface area contributed by atoms with Crippen molar-refractivity contribution in [3.63, 3.8) is 0 Å². The standard InChI is InChI=1S/C14H15NO6/c16-13(15-3-4-19-7-10(15)14(17)18)6-9-1-2-11-12(5-9)21-8-20-11/h1-2,5,10H,3-4,6-8H2,(H,17,18). The number of benzene rings is 1. The van der Waals surface area contributed by atoms with Crippen molar-refractivity contribution in [2.45, 2.75) is 12.5 Å². The van der Waals surface area contributed by atoms with Crippen LogP contribution in [0.4, 0.5) is 0 Å². The maximum Gasteiger partial charge on any atom is 0.328 e. The van der Waals surface area contributed by atoms with Gasteiger partial charge in [0.2, 0.25) is 12.7 Å². The number of carbonyl (C=O) groups is 2. The lowest BCUT2D eigenvalue weighted by molar-refractivity contribution is -0.158. The van der Waals surface area contributed by atoms with Gasteiger partial charge in [-0.15, -0.1) is 0 Å². The van der Waals surface area contributed by atoms with Gasteiger partial charge in [-0.25, -0.2) is 4.79 Å². The summed E-state index contributed by atoms with van der Waals surface area (Å²) in [7, 11) is 0. The third kappa shape index (κ3) is 2.78. The summed E-state index contributed by atoms with van der Waals surface area (Å²) in [5, 5.41) is 9.14. The molecule has 1 amide bonds. The van der Waals surface area contributed by atoms with Crippen molar-refractivity contribution in [3.05, 3.63) is 23.8 Å². The van der Waals surface area contributed by atoms with Crippen LogP contribution in [0.3, 0.4) is 0 Å². The maximum absolute atomic E-state index is 12.3. The molecule has 1 aromatic carbocycles. The zero-order valence-electron chi connectivity index (χ0n) is 11.3. The predicted molar refractivity (Wildman–Crippen MR) is 70.2 cm³/mol. The molecule has 1 atom stereocenters. The maximum atomic E-state index is 12.3. The van der Waals surface area contributed by atoms with Gasteiger partial charge in [0.1, 0.15) is 0 Å². The van der Waals surface area contributed by atoms with E-state index >= 15 is 0 Å². The second-order valence-corrected chi connectivity index (χ2v) is 4.88. The van der Waals surface area contributed by atoms with Gasteiger partial charge in [-0.2, -0.15) is 0 Å². The molecule has 0 aromatic heterocycles. The molecule has 2 aliphatic rings. The van der Waals surface area contributed by atoms with Gasteiger partial charge in [0.15, 0.2) is 17.5 Å². The summed E-state index contributed by atoms with van der Waals surface area (Å²) in [6.45, 7) is 0.858. The van der Waals surface area contributed by atoms with E-state index in [0.29, 0.717) is 24.7 Å². The molecule has 1 N–H and O–H groups in total. The van der Waals surface area contributed by atoms with Crippen LogP contribution in [0.1, 0.15) is 5.56 Å². The lowest BCUT2D eigenvalue weighted by atomic mass is 10.1. The third-order valence-electron chi connectivity index (χ3n) is 3.53.